The normalized spacial score (nSPS) is 10.6. The van der Waals surface area contributed by atoms with Crippen LogP contribution in [-0.2, 0) is 17.1 Å². The fourth-order valence-corrected chi connectivity index (χ4v) is 3.33. The molecule has 0 aliphatic rings. The van der Waals surface area contributed by atoms with Gasteiger partial charge in [-0.15, -0.1) is 11.8 Å². The van der Waals surface area contributed by atoms with E-state index in [2.05, 4.69) is 22.4 Å². The fourth-order valence-electron chi connectivity index (χ4n) is 2.51. The van der Waals surface area contributed by atoms with Crippen molar-refractivity contribution in [3.63, 3.8) is 0 Å². The van der Waals surface area contributed by atoms with Gasteiger partial charge in [0.2, 0.25) is 5.91 Å². The first-order valence-corrected chi connectivity index (χ1v) is 9.35. The number of hydrogen-bond donors (Lipinski definition) is 1. The minimum absolute atomic E-state index is 0.0652. The van der Waals surface area contributed by atoms with Gasteiger partial charge in [-0.1, -0.05) is 42.5 Å². The summed E-state index contributed by atoms with van der Waals surface area (Å²) in [6.45, 7) is 2.52. The lowest BCUT2D eigenvalue weighted by molar-refractivity contribution is -0.118. The Balaban J connectivity index is 1.43. The number of imidazole rings is 1. The van der Waals surface area contributed by atoms with Gasteiger partial charge in [0.25, 0.3) is 0 Å². The van der Waals surface area contributed by atoms with E-state index in [1.54, 1.807) is 18.0 Å². The number of nitrogens with one attached hydrogen (secondary N) is 1. The second kappa shape index (κ2) is 8.53. The summed E-state index contributed by atoms with van der Waals surface area (Å²) in [5.41, 5.74) is 3.40. The van der Waals surface area contributed by atoms with E-state index in [9.17, 15) is 4.79 Å². The summed E-state index contributed by atoms with van der Waals surface area (Å²) in [5, 5.41) is 2.97. The molecule has 0 aliphatic carbocycles. The Labute approximate surface area is 152 Å². The molecule has 2 aromatic carbocycles. The van der Waals surface area contributed by atoms with Crippen LogP contribution in [0.3, 0.4) is 0 Å². The van der Waals surface area contributed by atoms with Gasteiger partial charge >= 0.3 is 0 Å². The van der Waals surface area contributed by atoms with Crippen molar-refractivity contribution in [2.45, 2.75) is 19.2 Å². The summed E-state index contributed by atoms with van der Waals surface area (Å²) in [6.07, 6.45) is 3.73. The summed E-state index contributed by atoms with van der Waals surface area (Å²) in [4.78, 5) is 16.2. The highest BCUT2D eigenvalue weighted by atomic mass is 32.2. The number of carbonyl (C=O) groups excluding carboxylic acids is 1. The van der Waals surface area contributed by atoms with Gasteiger partial charge in [-0.3, -0.25) is 4.79 Å². The maximum absolute atomic E-state index is 12.0. The molecule has 0 saturated heterocycles. The van der Waals surface area contributed by atoms with E-state index in [0.717, 1.165) is 22.8 Å². The molecule has 3 rings (SSSR count). The summed E-state index contributed by atoms with van der Waals surface area (Å²) in [5.74, 6) is 2.35. The van der Waals surface area contributed by atoms with Gasteiger partial charge < -0.3 is 9.88 Å². The summed E-state index contributed by atoms with van der Waals surface area (Å²) in [6, 6.07) is 18.3. The molecule has 1 aromatic heterocycles. The summed E-state index contributed by atoms with van der Waals surface area (Å²) in [7, 11) is 0. The van der Waals surface area contributed by atoms with Crippen LogP contribution in [-0.4, -0.2) is 21.2 Å². The number of benzene rings is 2. The number of carbonyl (C=O) groups is 1. The Morgan fingerprint density at radius 2 is 1.84 bits per heavy atom. The highest BCUT2D eigenvalue weighted by Gasteiger charge is 2.04. The minimum atomic E-state index is 0.0652. The Bertz CT molecular complexity index is 812. The first kappa shape index (κ1) is 17.3. The SMILES string of the molecule is Cc1nccn1-c1ccc(CNC(=O)CSCc2ccccc2)cc1. The topological polar surface area (TPSA) is 46.9 Å². The number of hydrogen-bond acceptors (Lipinski definition) is 3. The molecule has 5 heteroatoms. The number of rotatable bonds is 7. The highest BCUT2D eigenvalue weighted by molar-refractivity contribution is 7.99. The lowest BCUT2D eigenvalue weighted by atomic mass is 10.2. The van der Waals surface area contributed by atoms with Gasteiger partial charge in [-0.05, 0) is 30.2 Å². The van der Waals surface area contributed by atoms with Crippen molar-refractivity contribution in [3.05, 3.63) is 83.9 Å². The third-order valence-electron chi connectivity index (χ3n) is 3.87. The van der Waals surface area contributed by atoms with E-state index in [-0.39, 0.29) is 5.91 Å². The predicted molar refractivity (Wildman–Crippen MR) is 103 cm³/mol. The van der Waals surface area contributed by atoms with Crippen molar-refractivity contribution in [2.75, 3.05) is 5.75 Å². The molecular formula is C20H21N3OS. The summed E-state index contributed by atoms with van der Waals surface area (Å²) >= 11 is 1.63. The molecule has 0 saturated carbocycles. The van der Waals surface area contributed by atoms with Gasteiger partial charge in [-0.25, -0.2) is 4.98 Å². The molecule has 128 valence electrons. The zero-order valence-corrected chi connectivity index (χ0v) is 15.0. The van der Waals surface area contributed by atoms with Crippen LogP contribution in [0.15, 0.2) is 67.0 Å². The van der Waals surface area contributed by atoms with E-state index in [1.807, 2.05) is 60.2 Å². The van der Waals surface area contributed by atoms with Crippen molar-refractivity contribution in [2.24, 2.45) is 0 Å². The number of aromatic nitrogens is 2. The molecule has 3 aromatic rings. The molecule has 0 fully saturated rings. The van der Waals surface area contributed by atoms with Crippen molar-refractivity contribution in [3.8, 4) is 5.69 Å². The zero-order valence-electron chi connectivity index (χ0n) is 14.2. The molecule has 1 amide bonds. The Morgan fingerprint density at radius 1 is 1.08 bits per heavy atom. The van der Waals surface area contributed by atoms with Crippen molar-refractivity contribution in [1.29, 1.82) is 0 Å². The minimum Gasteiger partial charge on any atom is -0.351 e. The third kappa shape index (κ3) is 4.97. The maximum Gasteiger partial charge on any atom is 0.230 e. The molecule has 0 aliphatic heterocycles. The molecule has 0 bridgehead atoms. The lowest BCUT2D eigenvalue weighted by Crippen LogP contribution is -2.24. The molecular weight excluding hydrogens is 330 g/mol. The molecule has 4 nitrogen and oxygen atoms in total. The van der Waals surface area contributed by atoms with Gasteiger partial charge in [0.15, 0.2) is 0 Å². The molecule has 0 spiro atoms. The molecule has 1 N–H and O–H groups in total. The van der Waals surface area contributed by atoms with Crippen LogP contribution < -0.4 is 5.32 Å². The van der Waals surface area contributed by atoms with E-state index in [0.29, 0.717) is 12.3 Å². The first-order valence-electron chi connectivity index (χ1n) is 8.20. The van der Waals surface area contributed by atoms with Crippen LogP contribution in [0.4, 0.5) is 0 Å². The first-order chi connectivity index (χ1) is 12.2. The van der Waals surface area contributed by atoms with Crippen LogP contribution in [0.2, 0.25) is 0 Å². The highest BCUT2D eigenvalue weighted by Crippen LogP contribution is 2.13. The molecule has 0 radical (unpaired) electrons. The van der Waals surface area contributed by atoms with E-state index in [4.69, 9.17) is 0 Å². The largest absolute Gasteiger partial charge is 0.351 e. The molecule has 25 heavy (non-hydrogen) atoms. The molecule has 0 unspecified atom stereocenters. The number of thioether (sulfide) groups is 1. The average Bonchev–Trinajstić information content (AvgIpc) is 3.07. The Hall–Kier alpha value is -2.53. The van der Waals surface area contributed by atoms with Crippen LogP contribution in [0.25, 0.3) is 5.69 Å². The Kier molecular flexibility index (Phi) is 5.90. The predicted octanol–water partition coefficient (Wildman–Crippen LogP) is 3.73. The second-order valence-corrected chi connectivity index (χ2v) is 6.75. The fraction of sp³-hybridized carbons (Fsp3) is 0.200. The van der Waals surface area contributed by atoms with Gasteiger partial charge in [-0.2, -0.15) is 0 Å². The third-order valence-corrected chi connectivity index (χ3v) is 4.88. The van der Waals surface area contributed by atoms with E-state index < -0.39 is 0 Å². The molecule has 0 atom stereocenters. The quantitative estimate of drug-likeness (QED) is 0.705. The van der Waals surface area contributed by atoms with Crippen LogP contribution in [0.5, 0.6) is 0 Å². The molecule has 1 heterocycles. The summed E-state index contributed by atoms with van der Waals surface area (Å²) < 4.78 is 2.03. The van der Waals surface area contributed by atoms with Crippen LogP contribution in [0, 0.1) is 6.92 Å². The number of aryl methyl sites for hydroxylation is 1. The van der Waals surface area contributed by atoms with E-state index in [1.165, 1.54) is 5.56 Å². The van der Waals surface area contributed by atoms with Gasteiger partial charge in [0.1, 0.15) is 5.82 Å². The van der Waals surface area contributed by atoms with Gasteiger partial charge in [0.05, 0.1) is 5.75 Å². The van der Waals surface area contributed by atoms with E-state index >= 15 is 0 Å². The second-order valence-electron chi connectivity index (χ2n) is 5.77. The Morgan fingerprint density at radius 3 is 2.52 bits per heavy atom. The zero-order chi connectivity index (χ0) is 17.5. The smallest absolute Gasteiger partial charge is 0.230 e. The monoisotopic (exact) mass is 351 g/mol. The van der Waals surface area contributed by atoms with Crippen LogP contribution >= 0.6 is 11.8 Å². The standard InChI is InChI=1S/C20H21N3OS/c1-16-21-11-12-23(16)19-9-7-17(8-10-19)13-22-20(24)15-25-14-18-5-3-2-4-6-18/h2-12H,13-15H2,1H3,(H,22,24). The lowest BCUT2D eigenvalue weighted by Gasteiger charge is -2.08. The number of nitrogens with zero attached hydrogens (tertiary/aromatic N) is 2. The number of amides is 1. The average molecular weight is 351 g/mol. The van der Waals surface area contributed by atoms with Gasteiger partial charge in [0, 0.05) is 30.4 Å². The maximum atomic E-state index is 12.0. The van der Waals surface area contributed by atoms with Crippen molar-refractivity contribution < 1.29 is 4.79 Å². The van der Waals surface area contributed by atoms with Crippen molar-refractivity contribution in [1.82, 2.24) is 14.9 Å². The van der Waals surface area contributed by atoms with Crippen LogP contribution in [0.1, 0.15) is 17.0 Å². The van der Waals surface area contributed by atoms with Crippen molar-refractivity contribution >= 4 is 17.7 Å².